The number of aliphatic hydroxyl groups is 1. The maximum atomic E-state index is 10.8. The van der Waals surface area contributed by atoms with Crippen molar-refractivity contribution in [2.45, 2.75) is 20.0 Å². The number of aliphatic hydroxyl groups excluding tert-OH is 1. The maximum absolute atomic E-state index is 10.8. The third kappa shape index (κ3) is 2.83. The van der Waals surface area contributed by atoms with Crippen LogP contribution >= 0.6 is 11.6 Å². The molecule has 2 nitrogen and oxygen atoms in total. The van der Waals surface area contributed by atoms with E-state index >= 15 is 0 Å². The first-order valence-electron chi connectivity index (χ1n) is 4.01. The van der Waals surface area contributed by atoms with E-state index in [1.165, 1.54) is 6.92 Å². The first-order chi connectivity index (χ1) is 6.13. The molecule has 0 aliphatic heterocycles. The summed E-state index contributed by atoms with van der Waals surface area (Å²) in [5, 5.41) is 9.44. The largest absolute Gasteiger partial charge is 0.392 e. The van der Waals surface area contributed by atoms with Crippen molar-refractivity contribution in [3.63, 3.8) is 0 Å². The number of rotatable bonds is 3. The van der Waals surface area contributed by atoms with Crippen LogP contribution in [0.2, 0.25) is 5.02 Å². The Morgan fingerprint density at radius 3 is 2.77 bits per heavy atom. The number of ketones is 1. The minimum absolute atomic E-state index is 0.0927. The fourth-order valence-electron chi connectivity index (χ4n) is 1.15. The van der Waals surface area contributed by atoms with E-state index < -0.39 is 0 Å². The van der Waals surface area contributed by atoms with Gasteiger partial charge in [-0.1, -0.05) is 23.7 Å². The Bertz CT molecular complexity index is 321. The van der Waals surface area contributed by atoms with Crippen molar-refractivity contribution in [2.75, 3.05) is 0 Å². The van der Waals surface area contributed by atoms with Gasteiger partial charge in [-0.3, -0.25) is 4.79 Å². The molecule has 0 fully saturated rings. The summed E-state index contributed by atoms with van der Waals surface area (Å²) in [5.74, 6) is 0.103. The monoisotopic (exact) mass is 198 g/mol. The van der Waals surface area contributed by atoms with Crippen LogP contribution < -0.4 is 0 Å². The zero-order valence-electron chi connectivity index (χ0n) is 7.38. The van der Waals surface area contributed by atoms with Crippen LogP contribution in [0.5, 0.6) is 0 Å². The smallest absolute Gasteiger partial charge is 0.134 e. The first-order valence-corrected chi connectivity index (χ1v) is 4.39. The molecule has 1 aromatic rings. The molecule has 0 amide bonds. The van der Waals surface area contributed by atoms with Gasteiger partial charge in [0, 0.05) is 11.4 Å². The molecule has 0 bridgehead atoms. The molecule has 0 saturated heterocycles. The summed E-state index contributed by atoms with van der Waals surface area (Å²) >= 11 is 5.79. The second kappa shape index (κ2) is 4.40. The second-order valence-corrected chi connectivity index (χ2v) is 3.37. The fourth-order valence-corrected chi connectivity index (χ4v) is 1.32. The molecule has 0 aliphatic rings. The van der Waals surface area contributed by atoms with Crippen LogP contribution in [0.15, 0.2) is 18.2 Å². The summed E-state index contributed by atoms with van der Waals surface area (Å²) in [6.07, 6.45) is 0.393. The summed E-state index contributed by atoms with van der Waals surface area (Å²) < 4.78 is 0. The van der Waals surface area contributed by atoms with Gasteiger partial charge in [0.25, 0.3) is 0 Å². The molecule has 0 aliphatic carbocycles. The number of hydrogen-bond donors (Lipinski definition) is 1. The molecule has 13 heavy (non-hydrogen) atoms. The first kappa shape index (κ1) is 10.2. The van der Waals surface area contributed by atoms with Crippen molar-refractivity contribution < 1.29 is 9.90 Å². The lowest BCUT2D eigenvalue weighted by molar-refractivity contribution is -0.116. The number of carbonyl (C=O) groups excluding carboxylic acids is 1. The van der Waals surface area contributed by atoms with Crippen LogP contribution in [0.3, 0.4) is 0 Å². The van der Waals surface area contributed by atoms with E-state index in [1.807, 2.05) is 0 Å². The van der Waals surface area contributed by atoms with E-state index in [0.717, 1.165) is 5.56 Å². The third-order valence-electron chi connectivity index (χ3n) is 1.73. The number of carbonyl (C=O) groups is 1. The van der Waals surface area contributed by atoms with Crippen molar-refractivity contribution in [1.82, 2.24) is 0 Å². The molecular formula is C10H11ClO2. The van der Waals surface area contributed by atoms with Crippen LogP contribution in [0.25, 0.3) is 0 Å². The topological polar surface area (TPSA) is 37.3 Å². The molecule has 0 radical (unpaired) electrons. The summed E-state index contributed by atoms with van der Waals surface area (Å²) in [4.78, 5) is 10.8. The summed E-state index contributed by atoms with van der Waals surface area (Å²) in [5.41, 5.74) is 1.56. The van der Waals surface area contributed by atoms with E-state index in [2.05, 4.69) is 0 Å². The molecular weight excluding hydrogens is 188 g/mol. The average Bonchev–Trinajstić information content (AvgIpc) is 2.07. The number of halogens is 1. The van der Waals surface area contributed by atoms with E-state index in [-0.39, 0.29) is 12.4 Å². The van der Waals surface area contributed by atoms with Crippen molar-refractivity contribution >= 4 is 17.4 Å². The molecule has 0 saturated carbocycles. The van der Waals surface area contributed by atoms with Crippen molar-refractivity contribution in [2.24, 2.45) is 0 Å². The molecule has 0 unspecified atom stereocenters. The fraction of sp³-hybridized carbons (Fsp3) is 0.300. The van der Waals surface area contributed by atoms with Crippen molar-refractivity contribution in [3.05, 3.63) is 34.3 Å². The summed E-state index contributed by atoms with van der Waals surface area (Å²) in [6, 6.07) is 5.25. The van der Waals surface area contributed by atoms with Gasteiger partial charge in [0.15, 0.2) is 0 Å². The van der Waals surface area contributed by atoms with Crippen LogP contribution in [0.1, 0.15) is 18.1 Å². The molecule has 0 aromatic heterocycles. The van der Waals surface area contributed by atoms with Crippen molar-refractivity contribution in [3.8, 4) is 0 Å². The SMILES string of the molecule is CC(=O)Cc1ccc(Cl)c(CO)c1. The molecule has 1 rings (SSSR count). The highest BCUT2D eigenvalue weighted by molar-refractivity contribution is 6.31. The molecule has 0 spiro atoms. The third-order valence-corrected chi connectivity index (χ3v) is 2.10. The normalized spacial score (nSPS) is 10.1. The Kier molecular flexibility index (Phi) is 3.46. The van der Waals surface area contributed by atoms with Gasteiger partial charge in [0.05, 0.1) is 6.61 Å². The zero-order chi connectivity index (χ0) is 9.84. The zero-order valence-corrected chi connectivity index (χ0v) is 8.14. The molecule has 1 N–H and O–H groups in total. The molecule has 0 atom stereocenters. The lowest BCUT2D eigenvalue weighted by atomic mass is 10.1. The van der Waals surface area contributed by atoms with Gasteiger partial charge in [-0.15, -0.1) is 0 Å². The van der Waals surface area contributed by atoms with Gasteiger partial charge in [0.2, 0.25) is 0 Å². The van der Waals surface area contributed by atoms with Crippen LogP contribution in [-0.4, -0.2) is 10.9 Å². The number of benzene rings is 1. The van der Waals surface area contributed by atoms with E-state index in [1.54, 1.807) is 18.2 Å². The van der Waals surface area contributed by atoms with Gasteiger partial charge in [-0.25, -0.2) is 0 Å². The molecule has 1 aromatic carbocycles. The lowest BCUT2D eigenvalue weighted by Crippen LogP contribution is -1.97. The predicted octanol–water partition coefficient (Wildman–Crippen LogP) is 1.96. The minimum atomic E-state index is -0.0927. The standard InChI is InChI=1S/C10H11ClO2/c1-7(13)4-8-2-3-10(11)9(5-8)6-12/h2-3,5,12H,4,6H2,1H3. The Hall–Kier alpha value is -0.860. The quantitative estimate of drug-likeness (QED) is 0.807. The van der Waals surface area contributed by atoms with Gasteiger partial charge in [-0.2, -0.15) is 0 Å². The Balaban J connectivity index is 2.92. The average molecular weight is 199 g/mol. The molecule has 3 heteroatoms. The maximum Gasteiger partial charge on any atom is 0.134 e. The van der Waals surface area contributed by atoms with Gasteiger partial charge in [0.1, 0.15) is 5.78 Å². The minimum Gasteiger partial charge on any atom is -0.392 e. The predicted molar refractivity (Wildman–Crippen MR) is 51.8 cm³/mol. The van der Waals surface area contributed by atoms with Crippen LogP contribution in [0.4, 0.5) is 0 Å². The van der Waals surface area contributed by atoms with Gasteiger partial charge < -0.3 is 5.11 Å². The number of Topliss-reactive ketones (excluding diaryl/α,β-unsaturated/α-hetero) is 1. The highest BCUT2D eigenvalue weighted by Gasteiger charge is 2.02. The molecule has 70 valence electrons. The van der Waals surface area contributed by atoms with Gasteiger partial charge >= 0.3 is 0 Å². The molecule has 0 heterocycles. The Morgan fingerprint density at radius 1 is 1.54 bits per heavy atom. The van der Waals surface area contributed by atoms with Crippen LogP contribution in [0, 0.1) is 0 Å². The van der Waals surface area contributed by atoms with Crippen LogP contribution in [-0.2, 0) is 17.8 Å². The van der Waals surface area contributed by atoms with E-state index in [4.69, 9.17) is 16.7 Å². The van der Waals surface area contributed by atoms with E-state index in [0.29, 0.717) is 17.0 Å². The lowest BCUT2D eigenvalue weighted by Gasteiger charge is -2.03. The Morgan fingerprint density at radius 2 is 2.23 bits per heavy atom. The number of hydrogen-bond acceptors (Lipinski definition) is 2. The van der Waals surface area contributed by atoms with Crippen molar-refractivity contribution in [1.29, 1.82) is 0 Å². The highest BCUT2D eigenvalue weighted by Crippen LogP contribution is 2.17. The summed E-state index contributed by atoms with van der Waals surface area (Å²) in [6.45, 7) is 1.44. The second-order valence-electron chi connectivity index (χ2n) is 2.96. The highest BCUT2D eigenvalue weighted by atomic mass is 35.5. The summed E-state index contributed by atoms with van der Waals surface area (Å²) in [7, 11) is 0. The van der Waals surface area contributed by atoms with E-state index in [9.17, 15) is 4.79 Å². The van der Waals surface area contributed by atoms with Gasteiger partial charge in [-0.05, 0) is 24.1 Å². The Labute approximate surface area is 82.2 Å².